The third kappa shape index (κ3) is 2.21. The predicted octanol–water partition coefficient (Wildman–Crippen LogP) is 1.14. The van der Waals surface area contributed by atoms with E-state index in [0.29, 0.717) is 12.0 Å². The van der Waals surface area contributed by atoms with Crippen LogP contribution in [-0.2, 0) is 0 Å². The van der Waals surface area contributed by atoms with Gasteiger partial charge in [0.05, 0.1) is 6.04 Å². The molecule has 1 aliphatic rings. The fourth-order valence-corrected chi connectivity index (χ4v) is 2.26. The van der Waals surface area contributed by atoms with Crippen LogP contribution >= 0.6 is 0 Å². The van der Waals surface area contributed by atoms with Gasteiger partial charge < -0.3 is 15.6 Å². The molecule has 1 unspecified atom stereocenters. The first kappa shape index (κ1) is 10.6. The van der Waals surface area contributed by atoms with Gasteiger partial charge in [-0.25, -0.2) is 4.98 Å². The van der Waals surface area contributed by atoms with Gasteiger partial charge in [-0.2, -0.15) is 0 Å². The third-order valence-electron chi connectivity index (χ3n) is 3.33. The minimum Gasteiger partial charge on any atom is -0.347 e. The minimum absolute atomic E-state index is 0.0590. The molecule has 4 heteroatoms. The van der Waals surface area contributed by atoms with Crippen molar-refractivity contribution in [1.82, 2.24) is 14.9 Å². The summed E-state index contributed by atoms with van der Waals surface area (Å²) in [5.74, 6) is 1.46. The molecule has 1 aromatic rings. The van der Waals surface area contributed by atoms with Gasteiger partial charge in [-0.05, 0) is 32.7 Å². The smallest absolute Gasteiger partial charge is 0.123 e. The van der Waals surface area contributed by atoms with E-state index in [1.165, 1.54) is 6.42 Å². The summed E-state index contributed by atoms with van der Waals surface area (Å²) in [5, 5.41) is 0. The first-order valence-corrected chi connectivity index (χ1v) is 5.67. The molecular formula is C11H20N4. The number of rotatable bonds is 3. The number of nitrogens with two attached hydrogens (primary N) is 1. The van der Waals surface area contributed by atoms with Crippen LogP contribution in [-0.4, -0.2) is 34.0 Å². The Morgan fingerprint density at radius 1 is 1.60 bits per heavy atom. The number of nitrogens with one attached hydrogen (secondary N) is 1. The van der Waals surface area contributed by atoms with Gasteiger partial charge in [0.25, 0.3) is 0 Å². The van der Waals surface area contributed by atoms with Crippen LogP contribution in [0.2, 0.25) is 0 Å². The third-order valence-corrected chi connectivity index (χ3v) is 3.33. The standard InChI is InChI=1S/C11H20N4/c1-8(2)15-6-3-9(7-15)10(12)11-13-4-5-14-11/h4-5,8-10H,3,6-7,12H2,1-2H3,(H,13,14)/t9-,10?/m1/s1. The van der Waals surface area contributed by atoms with E-state index >= 15 is 0 Å². The van der Waals surface area contributed by atoms with Crippen molar-refractivity contribution in [1.29, 1.82) is 0 Å². The Balaban J connectivity index is 1.96. The van der Waals surface area contributed by atoms with E-state index in [9.17, 15) is 0 Å². The maximum atomic E-state index is 6.19. The first-order valence-electron chi connectivity index (χ1n) is 5.67. The molecule has 0 radical (unpaired) electrons. The molecule has 4 nitrogen and oxygen atoms in total. The molecule has 1 aliphatic heterocycles. The van der Waals surface area contributed by atoms with E-state index in [1.54, 1.807) is 6.20 Å². The van der Waals surface area contributed by atoms with E-state index in [2.05, 4.69) is 28.7 Å². The number of nitrogens with zero attached hydrogens (tertiary/aromatic N) is 2. The summed E-state index contributed by atoms with van der Waals surface area (Å²) in [4.78, 5) is 9.81. The number of aromatic nitrogens is 2. The Bertz CT molecular complexity index is 294. The summed E-state index contributed by atoms with van der Waals surface area (Å²) in [6, 6.07) is 0.683. The summed E-state index contributed by atoms with van der Waals surface area (Å²) in [6.07, 6.45) is 4.79. The molecule has 2 rings (SSSR count). The summed E-state index contributed by atoms with van der Waals surface area (Å²) < 4.78 is 0. The van der Waals surface area contributed by atoms with Crippen LogP contribution in [0, 0.1) is 5.92 Å². The maximum absolute atomic E-state index is 6.19. The van der Waals surface area contributed by atoms with E-state index in [0.717, 1.165) is 18.9 Å². The molecule has 0 aliphatic carbocycles. The highest BCUT2D eigenvalue weighted by atomic mass is 15.2. The Labute approximate surface area is 90.9 Å². The van der Waals surface area contributed by atoms with Gasteiger partial charge in [0.1, 0.15) is 5.82 Å². The second-order valence-corrected chi connectivity index (χ2v) is 4.64. The second kappa shape index (κ2) is 4.33. The largest absolute Gasteiger partial charge is 0.347 e. The Morgan fingerprint density at radius 2 is 2.40 bits per heavy atom. The molecule has 84 valence electrons. The molecule has 0 spiro atoms. The molecule has 0 saturated carbocycles. The number of aromatic amines is 1. The van der Waals surface area contributed by atoms with Crippen molar-refractivity contribution in [2.24, 2.45) is 11.7 Å². The van der Waals surface area contributed by atoms with Gasteiger partial charge in [0, 0.05) is 25.0 Å². The molecular weight excluding hydrogens is 188 g/mol. The average molecular weight is 208 g/mol. The quantitative estimate of drug-likeness (QED) is 0.783. The van der Waals surface area contributed by atoms with Crippen molar-refractivity contribution in [3.05, 3.63) is 18.2 Å². The number of imidazole rings is 1. The van der Waals surface area contributed by atoms with Gasteiger partial charge >= 0.3 is 0 Å². The summed E-state index contributed by atoms with van der Waals surface area (Å²) >= 11 is 0. The van der Waals surface area contributed by atoms with E-state index < -0.39 is 0 Å². The maximum Gasteiger partial charge on any atom is 0.123 e. The fourth-order valence-electron chi connectivity index (χ4n) is 2.26. The lowest BCUT2D eigenvalue weighted by Gasteiger charge is -2.22. The molecule has 0 amide bonds. The number of H-pyrrole nitrogens is 1. The van der Waals surface area contributed by atoms with Crippen LogP contribution in [0.25, 0.3) is 0 Å². The van der Waals surface area contributed by atoms with Crippen molar-refractivity contribution in [3.63, 3.8) is 0 Å². The van der Waals surface area contributed by atoms with Crippen LogP contribution in [0.5, 0.6) is 0 Å². The van der Waals surface area contributed by atoms with Crippen LogP contribution in [0.15, 0.2) is 12.4 Å². The lowest BCUT2D eigenvalue weighted by atomic mass is 9.99. The summed E-state index contributed by atoms with van der Waals surface area (Å²) in [5.41, 5.74) is 6.19. The van der Waals surface area contributed by atoms with Gasteiger partial charge in [0.2, 0.25) is 0 Å². The van der Waals surface area contributed by atoms with E-state index in [-0.39, 0.29) is 6.04 Å². The highest BCUT2D eigenvalue weighted by Crippen LogP contribution is 2.27. The van der Waals surface area contributed by atoms with Crippen molar-refractivity contribution in [3.8, 4) is 0 Å². The Kier molecular flexibility index (Phi) is 3.07. The molecule has 0 aromatic carbocycles. The highest BCUT2D eigenvalue weighted by molar-refractivity contribution is 4.99. The first-order chi connectivity index (χ1) is 7.18. The molecule has 2 atom stereocenters. The molecule has 3 N–H and O–H groups in total. The van der Waals surface area contributed by atoms with Gasteiger partial charge in [-0.1, -0.05) is 0 Å². The van der Waals surface area contributed by atoms with Crippen molar-refractivity contribution < 1.29 is 0 Å². The number of hydrogen-bond acceptors (Lipinski definition) is 3. The van der Waals surface area contributed by atoms with Crippen molar-refractivity contribution >= 4 is 0 Å². The van der Waals surface area contributed by atoms with Gasteiger partial charge in [-0.15, -0.1) is 0 Å². The van der Waals surface area contributed by atoms with Gasteiger partial charge in [0.15, 0.2) is 0 Å². The molecule has 0 bridgehead atoms. The fraction of sp³-hybridized carbons (Fsp3) is 0.727. The van der Waals surface area contributed by atoms with Crippen LogP contribution in [0.4, 0.5) is 0 Å². The lowest BCUT2D eigenvalue weighted by Crippen LogP contribution is -2.31. The number of likely N-dealkylation sites (tertiary alicyclic amines) is 1. The van der Waals surface area contributed by atoms with E-state index in [4.69, 9.17) is 5.73 Å². The molecule has 1 aromatic heterocycles. The molecule has 2 heterocycles. The van der Waals surface area contributed by atoms with Crippen molar-refractivity contribution in [2.45, 2.75) is 32.4 Å². The second-order valence-electron chi connectivity index (χ2n) is 4.64. The Morgan fingerprint density at radius 3 is 2.93 bits per heavy atom. The normalized spacial score (nSPS) is 24.9. The van der Waals surface area contributed by atoms with Gasteiger partial charge in [-0.3, -0.25) is 0 Å². The SMILES string of the molecule is CC(C)N1CC[C@@H](C(N)c2ncc[nH]2)C1. The Hall–Kier alpha value is -0.870. The van der Waals surface area contributed by atoms with Crippen LogP contribution < -0.4 is 5.73 Å². The molecule has 1 saturated heterocycles. The van der Waals surface area contributed by atoms with E-state index in [1.807, 2.05) is 6.20 Å². The van der Waals surface area contributed by atoms with Crippen LogP contribution in [0.1, 0.15) is 32.1 Å². The van der Waals surface area contributed by atoms with Crippen molar-refractivity contribution in [2.75, 3.05) is 13.1 Å². The summed E-state index contributed by atoms with van der Waals surface area (Å²) in [7, 11) is 0. The summed E-state index contributed by atoms with van der Waals surface area (Å²) in [6.45, 7) is 6.73. The monoisotopic (exact) mass is 208 g/mol. The average Bonchev–Trinajstić information content (AvgIpc) is 2.88. The highest BCUT2D eigenvalue weighted by Gasteiger charge is 2.30. The zero-order chi connectivity index (χ0) is 10.8. The zero-order valence-corrected chi connectivity index (χ0v) is 9.48. The minimum atomic E-state index is 0.0590. The van der Waals surface area contributed by atoms with Crippen LogP contribution in [0.3, 0.4) is 0 Å². The zero-order valence-electron chi connectivity index (χ0n) is 9.48. The number of hydrogen-bond donors (Lipinski definition) is 2. The molecule has 1 fully saturated rings. The lowest BCUT2D eigenvalue weighted by molar-refractivity contribution is 0.258. The predicted molar refractivity (Wildman–Crippen MR) is 60.3 cm³/mol. The molecule has 15 heavy (non-hydrogen) atoms. The topological polar surface area (TPSA) is 57.9 Å².